The van der Waals surface area contributed by atoms with Crippen LogP contribution in [0.1, 0.15) is 23.3 Å². The standard InChI is InChI=1S/C13H23N5O/c1-16(2)11-4-3-6-18(8-11)13(19)12-9-17(7-5-14)10-15-12/h9-11H,3-8,14H2,1-2H3. The third-order valence-electron chi connectivity index (χ3n) is 3.65. The van der Waals surface area contributed by atoms with Gasteiger partial charge in [-0.1, -0.05) is 0 Å². The average Bonchev–Trinajstić information content (AvgIpc) is 2.87. The molecule has 0 spiro atoms. The van der Waals surface area contributed by atoms with E-state index in [1.165, 1.54) is 0 Å². The van der Waals surface area contributed by atoms with Crippen molar-refractivity contribution in [3.8, 4) is 0 Å². The molecule has 1 aliphatic heterocycles. The third-order valence-corrected chi connectivity index (χ3v) is 3.65. The van der Waals surface area contributed by atoms with E-state index in [0.29, 0.717) is 24.8 Å². The minimum absolute atomic E-state index is 0.0299. The number of hydrogen-bond donors (Lipinski definition) is 1. The molecule has 0 aromatic carbocycles. The minimum atomic E-state index is 0.0299. The number of piperidine rings is 1. The van der Waals surface area contributed by atoms with E-state index in [0.717, 1.165) is 25.9 Å². The first-order valence-electron chi connectivity index (χ1n) is 6.79. The Morgan fingerprint density at radius 1 is 1.58 bits per heavy atom. The molecular weight excluding hydrogens is 242 g/mol. The zero-order chi connectivity index (χ0) is 13.8. The zero-order valence-electron chi connectivity index (χ0n) is 11.7. The van der Waals surface area contributed by atoms with Gasteiger partial charge < -0.3 is 20.1 Å². The van der Waals surface area contributed by atoms with Crippen molar-refractivity contribution in [2.75, 3.05) is 33.7 Å². The monoisotopic (exact) mass is 265 g/mol. The van der Waals surface area contributed by atoms with Crippen LogP contribution in [0.4, 0.5) is 0 Å². The number of nitrogens with zero attached hydrogens (tertiary/aromatic N) is 4. The molecule has 1 fully saturated rings. The normalized spacial score (nSPS) is 20.0. The maximum absolute atomic E-state index is 12.4. The number of imidazole rings is 1. The van der Waals surface area contributed by atoms with Crippen LogP contribution in [0.5, 0.6) is 0 Å². The summed E-state index contributed by atoms with van der Waals surface area (Å²) in [5.74, 6) is 0.0299. The summed E-state index contributed by atoms with van der Waals surface area (Å²) in [5.41, 5.74) is 6.01. The van der Waals surface area contributed by atoms with Crippen molar-refractivity contribution in [2.24, 2.45) is 5.73 Å². The molecule has 2 heterocycles. The molecule has 2 rings (SSSR count). The largest absolute Gasteiger partial charge is 0.336 e. The fourth-order valence-corrected chi connectivity index (χ4v) is 2.46. The first-order valence-corrected chi connectivity index (χ1v) is 6.79. The van der Waals surface area contributed by atoms with Gasteiger partial charge in [0, 0.05) is 38.4 Å². The summed E-state index contributed by atoms with van der Waals surface area (Å²) in [5, 5.41) is 0. The van der Waals surface area contributed by atoms with Crippen LogP contribution in [0, 0.1) is 0 Å². The van der Waals surface area contributed by atoms with E-state index in [9.17, 15) is 4.79 Å². The first-order chi connectivity index (χ1) is 9.11. The molecule has 0 aliphatic carbocycles. The number of carbonyl (C=O) groups is 1. The Labute approximate surface area is 114 Å². The van der Waals surface area contributed by atoms with Crippen LogP contribution in [-0.4, -0.2) is 65.0 Å². The number of nitrogens with two attached hydrogens (primary N) is 1. The summed E-state index contributed by atoms with van der Waals surface area (Å²) >= 11 is 0. The van der Waals surface area contributed by atoms with Crippen LogP contribution in [0.25, 0.3) is 0 Å². The summed E-state index contributed by atoms with van der Waals surface area (Å²) in [6, 6.07) is 0.448. The lowest BCUT2D eigenvalue weighted by Gasteiger charge is -2.35. The SMILES string of the molecule is CN(C)C1CCCN(C(=O)c2cn(CCN)cn2)C1. The van der Waals surface area contributed by atoms with Gasteiger partial charge in [-0.05, 0) is 26.9 Å². The Morgan fingerprint density at radius 2 is 2.37 bits per heavy atom. The van der Waals surface area contributed by atoms with Gasteiger partial charge in [-0.15, -0.1) is 0 Å². The van der Waals surface area contributed by atoms with Crippen LogP contribution in [0.3, 0.4) is 0 Å². The van der Waals surface area contributed by atoms with Crippen LogP contribution < -0.4 is 5.73 Å². The van der Waals surface area contributed by atoms with Crippen molar-refractivity contribution < 1.29 is 4.79 Å². The highest BCUT2D eigenvalue weighted by Crippen LogP contribution is 2.15. The van der Waals surface area contributed by atoms with Crippen LogP contribution in [0.2, 0.25) is 0 Å². The molecule has 0 bridgehead atoms. The molecule has 1 saturated heterocycles. The van der Waals surface area contributed by atoms with E-state index in [-0.39, 0.29) is 5.91 Å². The lowest BCUT2D eigenvalue weighted by molar-refractivity contribution is 0.0629. The highest BCUT2D eigenvalue weighted by Gasteiger charge is 2.26. The van der Waals surface area contributed by atoms with Crippen molar-refractivity contribution >= 4 is 5.91 Å². The number of hydrogen-bond acceptors (Lipinski definition) is 4. The Balaban J connectivity index is 2.01. The molecule has 1 aliphatic rings. The number of amides is 1. The quantitative estimate of drug-likeness (QED) is 0.832. The second-order valence-corrected chi connectivity index (χ2v) is 5.30. The van der Waals surface area contributed by atoms with Gasteiger partial charge in [0.25, 0.3) is 5.91 Å². The Bertz CT molecular complexity index is 428. The predicted octanol–water partition coefficient (Wildman–Crippen LogP) is 0.00800. The van der Waals surface area contributed by atoms with E-state index in [4.69, 9.17) is 5.73 Å². The lowest BCUT2D eigenvalue weighted by atomic mass is 10.0. The maximum atomic E-state index is 12.4. The molecule has 0 radical (unpaired) electrons. The second-order valence-electron chi connectivity index (χ2n) is 5.30. The summed E-state index contributed by atoms with van der Waals surface area (Å²) in [6.45, 7) is 2.86. The molecule has 1 unspecified atom stereocenters. The molecule has 106 valence electrons. The number of carbonyl (C=O) groups excluding carboxylic acids is 1. The summed E-state index contributed by atoms with van der Waals surface area (Å²) in [4.78, 5) is 20.7. The van der Waals surface area contributed by atoms with Gasteiger partial charge in [0.05, 0.1) is 6.33 Å². The molecule has 19 heavy (non-hydrogen) atoms. The molecular formula is C13H23N5O. The van der Waals surface area contributed by atoms with E-state index >= 15 is 0 Å². The summed E-state index contributed by atoms with van der Waals surface area (Å²) in [6.07, 6.45) is 5.67. The Kier molecular flexibility index (Phi) is 4.55. The van der Waals surface area contributed by atoms with Gasteiger partial charge in [-0.3, -0.25) is 4.79 Å². The molecule has 1 atom stereocenters. The van der Waals surface area contributed by atoms with Gasteiger partial charge >= 0.3 is 0 Å². The molecule has 0 saturated carbocycles. The van der Waals surface area contributed by atoms with Gasteiger partial charge in [-0.2, -0.15) is 0 Å². The van der Waals surface area contributed by atoms with Crippen LogP contribution >= 0.6 is 0 Å². The van der Waals surface area contributed by atoms with Crippen LogP contribution in [-0.2, 0) is 6.54 Å². The third kappa shape index (κ3) is 3.33. The lowest BCUT2D eigenvalue weighted by Crippen LogP contribution is -2.47. The van der Waals surface area contributed by atoms with Gasteiger partial charge in [0.1, 0.15) is 5.69 Å². The fourth-order valence-electron chi connectivity index (χ4n) is 2.46. The molecule has 1 amide bonds. The first kappa shape index (κ1) is 14.0. The van der Waals surface area contributed by atoms with Crippen molar-refractivity contribution in [3.05, 3.63) is 18.2 Å². The van der Waals surface area contributed by atoms with E-state index in [2.05, 4.69) is 24.0 Å². The number of likely N-dealkylation sites (tertiary alicyclic amines) is 1. The van der Waals surface area contributed by atoms with E-state index in [1.807, 2.05) is 9.47 Å². The summed E-state index contributed by atoms with van der Waals surface area (Å²) in [7, 11) is 4.13. The highest BCUT2D eigenvalue weighted by atomic mass is 16.2. The molecule has 1 aromatic heterocycles. The minimum Gasteiger partial charge on any atom is -0.336 e. The fraction of sp³-hybridized carbons (Fsp3) is 0.692. The smallest absolute Gasteiger partial charge is 0.274 e. The number of aromatic nitrogens is 2. The topological polar surface area (TPSA) is 67.4 Å². The molecule has 6 heteroatoms. The number of rotatable bonds is 4. The highest BCUT2D eigenvalue weighted by molar-refractivity contribution is 5.92. The Morgan fingerprint density at radius 3 is 3.05 bits per heavy atom. The van der Waals surface area contributed by atoms with E-state index < -0.39 is 0 Å². The van der Waals surface area contributed by atoms with Crippen molar-refractivity contribution in [1.29, 1.82) is 0 Å². The Hall–Kier alpha value is -1.40. The van der Waals surface area contributed by atoms with Crippen molar-refractivity contribution in [1.82, 2.24) is 19.4 Å². The molecule has 1 aromatic rings. The van der Waals surface area contributed by atoms with Gasteiger partial charge in [0.2, 0.25) is 0 Å². The van der Waals surface area contributed by atoms with Gasteiger partial charge in [0.15, 0.2) is 0 Å². The van der Waals surface area contributed by atoms with Crippen LogP contribution in [0.15, 0.2) is 12.5 Å². The second kappa shape index (κ2) is 6.16. The predicted molar refractivity (Wildman–Crippen MR) is 73.9 cm³/mol. The van der Waals surface area contributed by atoms with Crippen molar-refractivity contribution in [3.63, 3.8) is 0 Å². The summed E-state index contributed by atoms with van der Waals surface area (Å²) < 4.78 is 1.86. The van der Waals surface area contributed by atoms with Crippen molar-refractivity contribution in [2.45, 2.75) is 25.4 Å². The average molecular weight is 265 g/mol. The zero-order valence-corrected chi connectivity index (χ0v) is 11.7. The van der Waals surface area contributed by atoms with E-state index in [1.54, 1.807) is 12.5 Å². The van der Waals surface area contributed by atoms with Gasteiger partial charge in [-0.25, -0.2) is 4.98 Å². The number of likely N-dealkylation sites (N-methyl/N-ethyl adjacent to an activating group) is 1. The maximum Gasteiger partial charge on any atom is 0.274 e. The molecule has 6 nitrogen and oxygen atoms in total. The molecule has 2 N–H and O–H groups in total.